The van der Waals surface area contributed by atoms with Gasteiger partial charge in [-0.05, 0) is 39.4 Å². The maximum Gasteiger partial charge on any atom is 0.411 e. The fraction of sp³-hybridized carbons (Fsp3) is 0.800. The average Bonchev–Trinajstić information content (AvgIpc) is 2.61. The molecule has 1 heterocycles. The van der Waals surface area contributed by atoms with Crippen LogP contribution in [-0.4, -0.2) is 74.6 Å². The van der Waals surface area contributed by atoms with Crippen molar-refractivity contribution >= 4 is 23.7 Å². The van der Waals surface area contributed by atoms with Crippen molar-refractivity contribution in [1.29, 1.82) is 0 Å². The Morgan fingerprint density at radius 2 is 2.03 bits per heavy atom. The van der Waals surface area contributed by atoms with Crippen LogP contribution in [0.15, 0.2) is 17.3 Å². The first-order valence-electron chi connectivity index (χ1n) is 9.79. The minimum Gasteiger partial charge on any atom is -0.444 e. The molecule has 9 heteroatoms. The molecule has 4 N–H and O–H groups in total. The molecule has 0 saturated heterocycles. The Morgan fingerprint density at radius 3 is 2.48 bits per heavy atom. The molecule has 29 heavy (non-hydrogen) atoms. The van der Waals surface area contributed by atoms with E-state index in [1.807, 2.05) is 11.8 Å². The lowest BCUT2D eigenvalue weighted by Gasteiger charge is -2.42. The summed E-state index contributed by atoms with van der Waals surface area (Å²) in [6, 6.07) is 0. The number of oxime groups is 1. The zero-order chi connectivity index (χ0) is 22.5. The maximum absolute atomic E-state index is 12.5. The number of thioether (sulfide) groups is 1. The van der Waals surface area contributed by atoms with E-state index in [0.717, 1.165) is 12.2 Å². The molecule has 0 saturated carbocycles. The number of nitrogens with zero attached hydrogens (tertiary/aromatic N) is 2. The highest BCUT2D eigenvalue weighted by Gasteiger charge is 2.45. The molecule has 3 unspecified atom stereocenters. The summed E-state index contributed by atoms with van der Waals surface area (Å²) >= 11 is 1.85. The van der Waals surface area contributed by atoms with Crippen LogP contribution < -0.4 is 5.73 Å². The molecule has 168 valence electrons. The number of carbonyl (C=O) groups excluding carboxylic acids is 1. The topological polar surface area (TPSA) is 118 Å². The number of amidine groups is 1. The van der Waals surface area contributed by atoms with E-state index in [2.05, 4.69) is 25.9 Å². The molecule has 1 aliphatic heterocycles. The van der Waals surface area contributed by atoms with Gasteiger partial charge in [0.2, 0.25) is 0 Å². The van der Waals surface area contributed by atoms with Crippen LogP contribution >= 0.6 is 11.8 Å². The molecule has 1 rings (SSSR count). The van der Waals surface area contributed by atoms with Crippen LogP contribution in [0.2, 0.25) is 0 Å². The van der Waals surface area contributed by atoms with Crippen LogP contribution in [0.1, 0.15) is 54.4 Å². The lowest BCUT2D eigenvalue weighted by atomic mass is 9.92. The second kappa shape index (κ2) is 10.0. The molecule has 8 nitrogen and oxygen atoms in total. The summed E-state index contributed by atoms with van der Waals surface area (Å²) in [6.45, 7) is 11.7. The van der Waals surface area contributed by atoms with Gasteiger partial charge in [0.15, 0.2) is 5.84 Å². The van der Waals surface area contributed by atoms with Crippen LogP contribution in [0.3, 0.4) is 0 Å². The third-order valence-corrected chi connectivity index (χ3v) is 5.79. The smallest absolute Gasteiger partial charge is 0.411 e. The summed E-state index contributed by atoms with van der Waals surface area (Å²) in [4.78, 5) is 13.8. The number of carbonyl (C=O) groups is 1. The van der Waals surface area contributed by atoms with Crippen molar-refractivity contribution in [2.45, 2.75) is 82.5 Å². The highest BCUT2D eigenvalue weighted by Crippen LogP contribution is 2.28. The monoisotopic (exact) mass is 431 g/mol. The number of aliphatic hydroxyl groups excluding tert-OH is 1. The molecule has 0 aromatic heterocycles. The molecule has 1 amide bonds. The van der Waals surface area contributed by atoms with Gasteiger partial charge in [0.1, 0.15) is 17.2 Å². The summed E-state index contributed by atoms with van der Waals surface area (Å²) < 4.78 is 11.4. The number of aliphatic hydroxyl groups is 1. The summed E-state index contributed by atoms with van der Waals surface area (Å²) in [6.07, 6.45) is 2.91. The quantitative estimate of drug-likeness (QED) is 0.142. The minimum absolute atomic E-state index is 0.0619. The van der Waals surface area contributed by atoms with Crippen LogP contribution in [0, 0.1) is 0 Å². The van der Waals surface area contributed by atoms with Gasteiger partial charge in [-0.25, -0.2) is 4.79 Å². The van der Waals surface area contributed by atoms with E-state index in [9.17, 15) is 15.1 Å². The van der Waals surface area contributed by atoms with E-state index in [1.54, 1.807) is 32.9 Å². The molecular formula is C20H37N3O5S. The molecule has 0 aromatic rings. The second-order valence-electron chi connectivity index (χ2n) is 9.25. The van der Waals surface area contributed by atoms with Crippen LogP contribution in [0.5, 0.6) is 0 Å². The summed E-state index contributed by atoms with van der Waals surface area (Å²) in [7, 11) is 1.50. The summed E-state index contributed by atoms with van der Waals surface area (Å²) in [5, 5.41) is 22.8. The molecular weight excluding hydrogens is 394 g/mol. The number of rotatable bonds is 7. The van der Waals surface area contributed by atoms with Crippen molar-refractivity contribution in [1.82, 2.24) is 4.90 Å². The van der Waals surface area contributed by atoms with Crippen molar-refractivity contribution < 1.29 is 24.6 Å². The van der Waals surface area contributed by atoms with Crippen molar-refractivity contribution in [3.63, 3.8) is 0 Å². The predicted molar refractivity (Wildman–Crippen MR) is 116 cm³/mol. The SMILES string of the molecule is CN(C(=O)OC(C)(C)C)C1(/C(N)=N/O)C=CC(C(O)CCCSC(C)(C)C)OC1. The Bertz CT molecular complexity index is 612. The van der Waals surface area contributed by atoms with E-state index in [-0.39, 0.29) is 17.2 Å². The Kier molecular flexibility index (Phi) is 8.86. The van der Waals surface area contributed by atoms with Gasteiger partial charge in [0.05, 0.1) is 12.7 Å². The van der Waals surface area contributed by atoms with Gasteiger partial charge in [0, 0.05) is 11.8 Å². The second-order valence-corrected chi connectivity index (χ2v) is 11.2. The summed E-state index contributed by atoms with van der Waals surface area (Å²) in [5.74, 6) is 0.753. The molecule has 1 aliphatic rings. The Hall–Kier alpha value is -1.45. The van der Waals surface area contributed by atoms with E-state index in [0.29, 0.717) is 6.42 Å². The van der Waals surface area contributed by atoms with Crippen molar-refractivity contribution in [2.75, 3.05) is 19.4 Å². The summed E-state index contributed by atoms with van der Waals surface area (Å²) in [5.41, 5.74) is 3.91. The molecule has 0 radical (unpaired) electrons. The van der Waals surface area contributed by atoms with Gasteiger partial charge in [0.25, 0.3) is 0 Å². The fourth-order valence-corrected chi connectivity index (χ4v) is 3.70. The lowest BCUT2D eigenvalue weighted by molar-refractivity contribution is -0.0503. The van der Waals surface area contributed by atoms with Crippen molar-refractivity contribution in [3.8, 4) is 0 Å². The number of hydrogen-bond acceptors (Lipinski definition) is 7. The zero-order valence-electron chi connectivity index (χ0n) is 18.6. The normalized spacial score (nSPS) is 24.3. The minimum atomic E-state index is -1.30. The Labute approximate surface area is 178 Å². The number of amides is 1. The predicted octanol–water partition coefficient (Wildman–Crippen LogP) is 2.97. The Balaban J connectivity index is 2.83. The molecule has 0 bridgehead atoms. The number of nitrogens with two attached hydrogens (primary N) is 1. The van der Waals surface area contributed by atoms with Gasteiger partial charge in [-0.3, -0.25) is 4.90 Å². The van der Waals surface area contributed by atoms with Gasteiger partial charge in [-0.2, -0.15) is 11.8 Å². The standard InChI is InChI=1S/C20H37N3O5S/c1-18(2,3)28-17(25)23(7)20(16(21)22-26)11-10-15(27-13-20)14(24)9-8-12-29-19(4,5)6/h10-11,14-15,24,26H,8-9,12-13H2,1-7H3,(H2,21,22). The Morgan fingerprint density at radius 1 is 1.41 bits per heavy atom. The van der Waals surface area contributed by atoms with Gasteiger partial charge in [-0.15, -0.1) is 0 Å². The highest BCUT2D eigenvalue weighted by atomic mass is 32.2. The fourth-order valence-electron chi connectivity index (χ4n) is 2.78. The largest absolute Gasteiger partial charge is 0.444 e. The van der Waals surface area contributed by atoms with Crippen LogP contribution in [-0.2, 0) is 9.47 Å². The third kappa shape index (κ3) is 7.71. The molecule has 3 atom stereocenters. The van der Waals surface area contributed by atoms with Crippen LogP contribution in [0.4, 0.5) is 4.79 Å². The average molecular weight is 432 g/mol. The van der Waals surface area contributed by atoms with E-state index in [1.165, 1.54) is 11.9 Å². The van der Waals surface area contributed by atoms with Gasteiger partial charge in [-0.1, -0.05) is 38.1 Å². The molecule has 0 spiro atoms. The van der Waals surface area contributed by atoms with E-state index >= 15 is 0 Å². The van der Waals surface area contributed by atoms with Gasteiger partial charge < -0.3 is 25.5 Å². The first-order chi connectivity index (χ1) is 13.2. The highest BCUT2D eigenvalue weighted by molar-refractivity contribution is 8.00. The lowest BCUT2D eigenvalue weighted by Crippen LogP contribution is -2.62. The molecule has 0 aliphatic carbocycles. The van der Waals surface area contributed by atoms with Gasteiger partial charge >= 0.3 is 6.09 Å². The first kappa shape index (κ1) is 25.6. The van der Waals surface area contributed by atoms with Crippen LogP contribution in [0.25, 0.3) is 0 Å². The first-order valence-corrected chi connectivity index (χ1v) is 10.8. The molecule has 0 aromatic carbocycles. The third-order valence-electron chi connectivity index (χ3n) is 4.43. The number of ether oxygens (including phenoxy) is 2. The zero-order valence-corrected chi connectivity index (χ0v) is 19.5. The van der Waals surface area contributed by atoms with E-state index < -0.39 is 29.4 Å². The van der Waals surface area contributed by atoms with E-state index in [4.69, 9.17) is 15.2 Å². The van der Waals surface area contributed by atoms with Crippen molar-refractivity contribution in [3.05, 3.63) is 12.2 Å². The number of hydrogen-bond donors (Lipinski definition) is 3. The molecule has 0 fully saturated rings. The van der Waals surface area contributed by atoms with Crippen molar-refractivity contribution in [2.24, 2.45) is 10.9 Å². The number of likely N-dealkylation sites (N-methyl/N-ethyl adjacent to an activating group) is 1. The maximum atomic E-state index is 12.5.